The first-order valence-electron chi connectivity index (χ1n) is 9.90. The van der Waals surface area contributed by atoms with Crippen LogP contribution in [0.2, 0.25) is 5.02 Å². The number of aliphatic carboxylic acids is 1. The zero-order chi connectivity index (χ0) is 21.1. The maximum atomic E-state index is 11.5. The summed E-state index contributed by atoms with van der Waals surface area (Å²) < 4.78 is 5.96. The van der Waals surface area contributed by atoms with Gasteiger partial charge in [0.2, 0.25) is 0 Å². The predicted molar refractivity (Wildman–Crippen MR) is 117 cm³/mol. The van der Waals surface area contributed by atoms with Crippen LogP contribution in [0.25, 0.3) is 0 Å². The normalized spacial score (nSPS) is 17.6. The van der Waals surface area contributed by atoms with Crippen molar-refractivity contribution in [2.45, 2.75) is 38.5 Å². The van der Waals surface area contributed by atoms with Gasteiger partial charge in [0, 0.05) is 41.6 Å². The van der Waals surface area contributed by atoms with Crippen LogP contribution in [-0.2, 0) is 17.9 Å². The number of nitrogens with zero attached hydrogens (tertiary/aromatic N) is 2. The molecule has 0 saturated heterocycles. The van der Waals surface area contributed by atoms with Crippen LogP contribution < -0.4 is 9.64 Å². The molecule has 1 aliphatic rings. The number of ether oxygens (including phenoxy) is 1. The summed E-state index contributed by atoms with van der Waals surface area (Å²) in [5.74, 6) is -0.162. The highest BCUT2D eigenvalue weighted by Gasteiger charge is 2.37. The summed E-state index contributed by atoms with van der Waals surface area (Å²) in [6, 6.07) is 17.6. The number of rotatable bonds is 7. The van der Waals surface area contributed by atoms with E-state index in [1.807, 2.05) is 54.6 Å². The fourth-order valence-corrected chi connectivity index (χ4v) is 4.13. The molecule has 2 aromatic carbocycles. The van der Waals surface area contributed by atoms with Gasteiger partial charge in [-0.1, -0.05) is 23.7 Å². The number of carboxylic acid groups (broad SMARTS) is 1. The van der Waals surface area contributed by atoms with E-state index in [0.717, 1.165) is 28.1 Å². The van der Waals surface area contributed by atoms with Gasteiger partial charge in [0.25, 0.3) is 0 Å². The minimum absolute atomic E-state index is 0.0576. The third-order valence-electron chi connectivity index (χ3n) is 5.60. The van der Waals surface area contributed by atoms with Crippen LogP contribution in [-0.4, -0.2) is 22.1 Å². The lowest BCUT2D eigenvalue weighted by Gasteiger charge is -2.27. The van der Waals surface area contributed by atoms with Gasteiger partial charge in [-0.15, -0.1) is 0 Å². The van der Waals surface area contributed by atoms with Crippen LogP contribution in [0.15, 0.2) is 67.0 Å². The molecule has 1 aliphatic heterocycles. The highest BCUT2D eigenvalue weighted by molar-refractivity contribution is 6.30. The number of anilines is 1. The van der Waals surface area contributed by atoms with Crippen molar-refractivity contribution < 1.29 is 14.6 Å². The molecule has 0 amide bonds. The van der Waals surface area contributed by atoms with Crippen LogP contribution in [0.5, 0.6) is 5.75 Å². The largest absolute Gasteiger partial charge is 0.489 e. The molecule has 3 aromatic rings. The molecule has 2 atom stereocenters. The lowest BCUT2D eigenvalue weighted by atomic mass is 9.92. The molecule has 0 saturated carbocycles. The molecular weight excluding hydrogens is 400 g/mol. The first-order valence-corrected chi connectivity index (χ1v) is 10.3. The van der Waals surface area contributed by atoms with E-state index in [1.54, 1.807) is 12.4 Å². The second kappa shape index (κ2) is 8.76. The molecule has 4 rings (SSSR count). The van der Waals surface area contributed by atoms with Gasteiger partial charge >= 0.3 is 5.97 Å². The van der Waals surface area contributed by atoms with Crippen molar-refractivity contribution in [2.75, 3.05) is 4.90 Å². The fourth-order valence-electron chi connectivity index (χ4n) is 4.01. The van der Waals surface area contributed by atoms with Crippen molar-refractivity contribution in [3.63, 3.8) is 0 Å². The average molecular weight is 423 g/mol. The standard InChI is InChI=1S/C24H23ClN2O3/c1-16-21(13-24(28)29)22-12-20(30-15-18-8-10-26-11-9-18)6-7-23(22)27(16)14-17-2-4-19(25)5-3-17/h2-12,16,21H,13-15H2,1H3,(H,28,29). The Labute approximate surface area is 180 Å². The number of fused-ring (bicyclic) bond motifs is 1. The van der Waals surface area contributed by atoms with Gasteiger partial charge in [0.05, 0.1) is 6.42 Å². The van der Waals surface area contributed by atoms with Gasteiger partial charge in [-0.05, 0) is 66.1 Å². The van der Waals surface area contributed by atoms with Crippen LogP contribution in [0.3, 0.4) is 0 Å². The van der Waals surface area contributed by atoms with E-state index in [-0.39, 0.29) is 18.4 Å². The third kappa shape index (κ3) is 4.41. The van der Waals surface area contributed by atoms with E-state index >= 15 is 0 Å². The fraction of sp³-hybridized carbons (Fsp3) is 0.250. The summed E-state index contributed by atoms with van der Waals surface area (Å²) in [4.78, 5) is 17.8. The molecule has 0 radical (unpaired) electrons. The number of aromatic nitrogens is 1. The van der Waals surface area contributed by atoms with Gasteiger partial charge in [-0.2, -0.15) is 0 Å². The average Bonchev–Trinajstić information content (AvgIpc) is 2.99. The molecule has 5 nitrogen and oxygen atoms in total. The van der Waals surface area contributed by atoms with E-state index in [4.69, 9.17) is 16.3 Å². The molecule has 154 valence electrons. The number of hydrogen-bond donors (Lipinski definition) is 1. The lowest BCUT2D eigenvalue weighted by molar-refractivity contribution is -0.137. The molecule has 1 N–H and O–H groups in total. The van der Waals surface area contributed by atoms with Crippen molar-refractivity contribution in [3.8, 4) is 5.75 Å². The van der Waals surface area contributed by atoms with Crippen molar-refractivity contribution in [3.05, 3.63) is 88.7 Å². The Kier molecular flexibility index (Phi) is 5.91. The Hall–Kier alpha value is -3.05. The van der Waals surface area contributed by atoms with E-state index in [2.05, 4.69) is 16.8 Å². The molecule has 0 spiro atoms. The molecule has 0 fully saturated rings. The van der Waals surface area contributed by atoms with E-state index in [1.165, 1.54) is 0 Å². The Morgan fingerprint density at radius 3 is 2.53 bits per heavy atom. The molecule has 0 bridgehead atoms. The number of pyridine rings is 1. The van der Waals surface area contributed by atoms with Crippen LogP contribution in [0.1, 0.15) is 36.0 Å². The highest BCUT2D eigenvalue weighted by atomic mass is 35.5. The number of halogens is 1. The van der Waals surface area contributed by atoms with E-state index in [9.17, 15) is 9.90 Å². The van der Waals surface area contributed by atoms with E-state index in [0.29, 0.717) is 18.2 Å². The van der Waals surface area contributed by atoms with Gasteiger partial charge in [0.15, 0.2) is 0 Å². The van der Waals surface area contributed by atoms with Gasteiger partial charge in [-0.3, -0.25) is 9.78 Å². The predicted octanol–water partition coefficient (Wildman–Crippen LogP) is 5.28. The van der Waals surface area contributed by atoms with Gasteiger partial charge in [0.1, 0.15) is 12.4 Å². The van der Waals surface area contributed by atoms with Gasteiger partial charge < -0.3 is 14.7 Å². The molecule has 6 heteroatoms. The molecule has 1 aromatic heterocycles. The Morgan fingerprint density at radius 1 is 1.10 bits per heavy atom. The van der Waals surface area contributed by atoms with Crippen molar-refractivity contribution >= 4 is 23.3 Å². The number of carbonyl (C=O) groups is 1. The van der Waals surface area contributed by atoms with Crippen molar-refractivity contribution in [1.29, 1.82) is 0 Å². The van der Waals surface area contributed by atoms with E-state index < -0.39 is 5.97 Å². The monoisotopic (exact) mass is 422 g/mol. The number of hydrogen-bond acceptors (Lipinski definition) is 4. The highest BCUT2D eigenvalue weighted by Crippen LogP contribution is 2.45. The van der Waals surface area contributed by atoms with Crippen LogP contribution >= 0.6 is 11.6 Å². The maximum Gasteiger partial charge on any atom is 0.304 e. The van der Waals surface area contributed by atoms with Crippen LogP contribution in [0.4, 0.5) is 5.69 Å². The van der Waals surface area contributed by atoms with Crippen LogP contribution in [0, 0.1) is 0 Å². The zero-order valence-corrected chi connectivity index (χ0v) is 17.4. The SMILES string of the molecule is CC1C(CC(=O)O)c2cc(OCc3ccncc3)ccc2N1Cc1ccc(Cl)cc1. The third-order valence-corrected chi connectivity index (χ3v) is 5.85. The summed E-state index contributed by atoms with van der Waals surface area (Å²) >= 11 is 6.01. The molecule has 0 aliphatic carbocycles. The Morgan fingerprint density at radius 2 is 1.83 bits per heavy atom. The second-order valence-electron chi connectivity index (χ2n) is 7.56. The van der Waals surface area contributed by atoms with Crippen molar-refractivity contribution in [1.82, 2.24) is 4.98 Å². The number of carboxylic acids is 1. The lowest BCUT2D eigenvalue weighted by Crippen LogP contribution is -2.31. The summed E-state index contributed by atoms with van der Waals surface area (Å²) in [6.07, 6.45) is 3.56. The minimum Gasteiger partial charge on any atom is -0.489 e. The zero-order valence-electron chi connectivity index (χ0n) is 16.7. The molecule has 30 heavy (non-hydrogen) atoms. The first kappa shape index (κ1) is 20.2. The first-order chi connectivity index (χ1) is 14.5. The van der Waals surface area contributed by atoms with Gasteiger partial charge in [-0.25, -0.2) is 0 Å². The smallest absolute Gasteiger partial charge is 0.304 e. The summed E-state index contributed by atoms with van der Waals surface area (Å²) in [5, 5.41) is 10.2. The second-order valence-corrected chi connectivity index (χ2v) is 8.00. The molecular formula is C24H23ClN2O3. The quantitative estimate of drug-likeness (QED) is 0.561. The summed E-state index contributed by atoms with van der Waals surface area (Å²) in [5.41, 5.74) is 4.24. The summed E-state index contributed by atoms with van der Waals surface area (Å²) in [7, 11) is 0. The maximum absolute atomic E-state index is 11.5. The van der Waals surface area contributed by atoms with Crippen molar-refractivity contribution in [2.24, 2.45) is 0 Å². The molecule has 2 heterocycles. The Bertz CT molecular complexity index is 1020. The topological polar surface area (TPSA) is 62.7 Å². The minimum atomic E-state index is -0.797. The molecule has 2 unspecified atom stereocenters. The number of benzene rings is 2. The Balaban J connectivity index is 1.59. The summed E-state index contributed by atoms with van der Waals surface area (Å²) in [6.45, 7) is 3.22.